The summed E-state index contributed by atoms with van der Waals surface area (Å²) >= 11 is 3.36. The highest BCUT2D eigenvalue weighted by Gasteiger charge is 2.40. The average molecular weight is 531 g/mol. The minimum atomic E-state index is -0.331. The average Bonchev–Trinajstić information content (AvgIpc) is 2.81. The van der Waals surface area contributed by atoms with Crippen molar-refractivity contribution in [1.82, 2.24) is 0 Å². The van der Waals surface area contributed by atoms with Gasteiger partial charge in [-0.3, -0.25) is 9.59 Å². The number of anilines is 1. The lowest BCUT2D eigenvalue weighted by atomic mass is 9.69. The molecule has 0 radical (unpaired) electrons. The Morgan fingerprint density at radius 3 is 2.03 bits per heavy atom. The molecule has 4 nitrogen and oxygen atoms in total. The number of para-hydroxylation sites is 2. The molecule has 0 aliphatic rings. The lowest BCUT2D eigenvalue weighted by Crippen LogP contribution is -2.43. The number of benzene rings is 2. The van der Waals surface area contributed by atoms with Crippen LogP contribution in [0.15, 0.2) is 54.6 Å². The Labute approximate surface area is 214 Å². The van der Waals surface area contributed by atoms with E-state index in [1.165, 1.54) is 0 Å². The van der Waals surface area contributed by atoms with Crippen molar-refractivity contribution in [2.45, 2.75) is 78.7 Å². The highest BCUT2D eigenvalue weighted by Crippen LogP contribution is 2.40. The minimum absolute atomic E-state index is 0.0559. The van der Waals surface area contributed by atoms with Crippen LogP contribution in [0.5, 0.6) is 5.75 Å². The number of halogens is 1. The molecule has 5 heteroatoms. The van der Waals surface area contributed by atoms with E-state index < -0.39 is 0 Å². The van der Waals surface area contributed by atoms with Crippen LogP contribution in [-0.4, -0.2) is 22.6 Å². The molecular formula is C29H40BrNO3. The first-order chi connectivity index (χ1) is 15.9. The maximum Gasteiger partial charge on any atom is 0.228 e. The van der Waals surface area contributed by atoms with Crippen molar-refractivity contribution in [3.05, 3.63) is 60.2 Å². The van der Waals surface area contributed by atoms with Crippen LogP contribution in [0.2, 0.25) is 0 Å². The molecule has 0 fully saturated rings. The number of hydrogen-bond donors (Lipinski definition) is 1. The van der Waals surface area contributed by atoms with E-state index in [2.05, 4.69) is 62.8 Å². The Balaban J connectivity index is 2.40. The summed E-state index contributed by atoms with van der Waals surface area (Å²) in [5.74, 6) is 0.369. The molecule has 1 amide bonds. The van der Waals surface area contributed by atoms with Gasteiger partial charge in [0.15, 0.2) is 5.78 Å². The lowest BCUT2D eigenvalue weighted by molar-refractivity contribution is -0.125. The van der Waals surface area contributed by atoms with Crippen LogP contribution in [0.4, 0.5) is 5.69 Å². The van der Waals surface area contributed by atoms with Crippen molar-refractivity contribution in [2.75, 3.05) is 5.32 Å². The Kier molecular flexibility index (Phi) is 9.93. The molecule has 3 unspecified atom stereocenters. The molecule has 2 rings (SSSR count). The molecule has 2 aromatic rings. The number of carbonyl (C=O) groups excluding carboxylic acids is 2. The van der Waals surface area contributed by atoms with Gasteiger partial charge in [0.05, 0.1) is 10.5 Å². The van der Waals surface area contributed by atoms with Crippen molar-refractivity contribution in [3.8, 4) is 5.75 Å². The smallest absolute Gasteiger partial charge is 0.228 e. The van der Waals surface area contributed by atoms with Gasteiger partial charge in [-0.1, -0.05) is 94.2 Å². The van der Waals surface area contributed by atoms with E-state index in [0.717, 1.165) is 18.6 Å². The molecule has 0 bridgehead atoms. The molecule has 0 saturated heterocycles. The van der Waals surface area contributed by atoms with Gasteiger partial charge < -0.3 is 10.1 Å². The van der Waals surface area contributed by atoms with Crippen LogP contribution in [0, 0.1) is 16.7 Å². The normalized spacial score (nSPS) is 14.7. The summed E-state index contributed by atoms with van der Waals surface area (Å²) in [6.45, 7) is 14.7. The van der Waals surface area contributed by atoms with Gasteiger partial charge in [-0.25, -0.2) is 0 Å². The number of amides is 1. The zero-order valence-electron chi connectivity index (χ0n) is 21.7. The number of Topliss-reactive ketones (excluding diaryl/α,β-unsaturated/α-hetero) is 1. The topological polar surface area (TPSA) is 55.4 Å². The molecule has 0 spiro atoms. The summed E-state index contributed by atoms with van der Waals surface area (Å²) in [6, 6.07) is 17.0. The van der Waals surface area contributed by atoms with Gasteiger partial charge in [-0.15, -0.1) is 0 Å². The quantitative estimate of drug-likeness (QED) is 0.224. The van der Waals surface area contributed by atoms with Crippen molar-refractivity contribution >= 4 is 33.3 Å². The predicted molar refractivity (Wildman–Crippen MR) is 145 cm³/mol. The second kappa shape index (κ2) is 12.0. The van der Waals surface area contributed by atoms with Gasteiger partial charge in [-0.2, -0.15) is 0 Å². The minimum Gasteiger partial charge on any atom is -0.490 e. The SMILES string of the molecule is CCC(C)(C)C(CC(C(=O)Nc1ccccc1C(=O)C(C)Br)C(C)(C)CC)Oc1ccccc1. The van der Waals surface area contributed by atoms with E-state index in [1.54, 1.807) is 19.1 Å². The third-order valence-electron chi connectivity index (χ3n) is 7.24. The summed E-state index contributed by atoms with van der Waals surface area (Å²) in [4.78, 5) is 26.1. The molecule has 0 aromatic heterocycles. The summed E-state index contributed by atoms with van der Waals surface area (Å²) in [5.41, 5.74) is 0.681. The van der Waals surface area contributed by atoms with Gasteiger partial charge in [0.1, 0.15) is 11.9 Å². The maximum absolute atomic E-state index is 13.8. The number of nitrogens with one attached hydrogen (secondary N) is 1. The highest BCUT2D eigenvalue weighted by atomic mass is 79.9. The number of rotatable bonds is 12. The van der Waals surface area contributed by atoms with Crippen LogP contribution < -0.4 is 10.1 Å². The standard InChI is InChI=1S/C29H40BrNO3/c1-8-28(4,5)23(19-25(29(6,7)9-2)34-21-15-11-10-12-16-21)27(33)31-24-18-14-13-17-22(24)26(32)20(3)30/h10-18,20,23,25H,8-9,19H2,1-7H3,(H,31,33). The van der Waals surface area contributed by atoms with Crippen molar-refractivity contribution in [1.29, 1.82) is 0 Å². The number of carbonyl (C=O) groups is 2. The lowest BCUT2D eigenvalue weighted by Gasteiger charge is -2.40. The van der Waals surface area contributed by atoms with E-state index in [-0.39, 0.29) is 39.4 Å². The molecule has 3 atom stereocenters. The van der Waals surface area contributed by atoms with Crippen LogP contribution in [0.3, 0.4) is 0 Å². The summed E-state index contributed by atoms with van der Waals surface area (Å²) < 4.78 is 6.49. The molecule has 0 saturated carbocycles. The van der Waals surface area contributed by atoms with Crippen LogP contribution in [-0.2, 0) is 4.79 Å². The van der Waals surface area contributed by atoms with E-state index in [4.69, 9.17) is 4.74 Å². The first-order valence-electron chi connectivity index (χ1n) is 12.2. The monoisotopic (exact) mass is 529 g/mol. The fraction of sp³-hybridized carbons (Fsp3) is 0.517. The number of hydrogen-bond acceptors (Lipinski definition) is 3. The summed E-state index contributed by atoms with van der Waals surface area (Å²) in [5, 5.41) is 3.09. The van der Waals surface area contributed by atoms with E-state index in [9.17, 15) is 9.59 Å². The molecular weight excluding hydrogens is 490 g/mol. The molecule has 186 valence electrons. The molecule has 1 N–H and O–H groups in total. The zero-order valence-corrected chi connectivity index (χ0v) is 23.2. The predicted octanol–water partition coefficient (Wildman–Crippen LogP) is 7.92. The van der Waals surface area contributed by atoms with Crippen molar-refractivity contribution < 1.29 is 14.3 Å². The molecule has 34 heavy (non-hydrogen) atoms. The van der Waals surface area contributed by atoms with Gasteiger partial charge in [-0.05, 0) is 49.4 Å². The maximum atomic E-state index is 13.8. The van der Waals surface area contributed by atoms with Crippen molar-refractivity contribution in [2.24, 2.45) is 16.7 Å². The third kappa shape index (κ3) is 7.18. The first kappa shape index (κ1) is 28.1. The Bertz CT molecular complexity index is 953. The third-order valence-corrected chi connectivity index (χ3v) is 7.65. The van der Waals surface area contributed by atoms with E-state index in [0.29, 0.717) is 17.7 Å². The summed E-state index contributed by atoms with van der Waals surface area (Å²) in [6.07, 6.45) is 2.19. The fourth-order valence-corrected chi connectivity index (χ4v) is 4.15. The molecule has 2 aromatic carbocycles. The Hall–Kier alpha value is -2.14. The second-order valence-corrected chi connectivity index (χ2v) is 11.8. The molecule has 0 heterocycles. The van der Waals surface area contributed by atoms with E-state index in [1.807, 2.05) is 42.5 Å². The van der Waals surface area contributed by atoms with Crippen molar-refractivity contribution in [3.63, 3.8) is 0 Å². The van der Waals surface area contributed by atoms with E-state index >= 15 is 0 Å². The number of ether oxygens (including phenoxy) is 1. The molecule has 0 aliphatic heterocycles. The zero-order chi connectivity index (χ0) is 25.5. The number of ketones is 1. The Morgan fingerprint density at radius 2 is 1.47 bits per heavy atom. The van der Waals surface area contributed by atoms with Gasteiger partial charge >= 0.3 is 0 Å². The fourth-order valence-electron chi connectivity index (χ4n) is 3.90. The summed E-state index contributed by atoms with van der Waals surface area (Å²) in [7, 11) is 0. The number of alkyl halides is 1. The van der Waals surface area contributed by atoms with Gasteiger partial charge in [0, 0.05) is 16.9 Å². The van der Waals surface area contributed by atoms with Crippen LogP contribution in [0.1, 0.15) is 78.1 Å². The second-order valence-electron chi connectivity index (χ2n) is 10.4. The Morgan fingerprint density at radius 1 is 0.912 bits per heavy atom. The largest absolute Gasteiger partial charge is 0.490 e. The van der Waals surface area contributed by atoms with Crippen LogP contribution >= 0.6 is 15.9 Å². The van der Waals surface area contributed by atoms with Gasteiger partial charge in [0.2, 0.25) is 5.91 Å². The van der Waals surface area contributed by atoms with Crippen LogP contribution in [0.25, 0.3) is 0 Å². The van der Waals surface area contributed by atoms with Gasteiger partial charge in [0.25, 0.3) is 0 Å². The highest BCUT2D eigenvalue weighted by molar-refractivity contribution is 9.10. The molecule has 0 aliphatic carbocycles. The first-order valence-corrected chi connectivity index (χ1v) is 13.1.